The van der Waals surface area contributed by atoms with Crippen molar-refractivity contribution in [2.24, 2.45) is 0 Å². The van der Waals surface area contributed by atoms with Gasteiger partial charge in [0.25, 0.3) is 0 Å². The largest absolute Gasteiger partial charge is 0.318 e. The molecule has 0 bridgehead atoms. The molecule has 1 heterocycles. The first-order chi connectivity index (χ1) is 9.04. The van der Waals surface area contributed by atoms with Gasteiger partial charge >= 0.3 is 11.8 Å². The van der Waals surface area contributed by atoms with Crippen molar-refractivity contribution in [2.45, 2.75) is 6.92 Å². The summed E-state index contributed by atoms with van der Waals surface area (Å²) in [4.78, 5) is 27.3. The number of anilines is 2. The lowest BCUT2D eigenvalue weighted by molar-refractivity contribution is -0.132. The normalized spacial score (nSPS) is 10.0. The van der Waals surface area contributed by atoms with Crippen LogP contribution in [0.15, 0.2) is 29.6 Å². The van der Waals surface area contributed by atoms with E-state index in [-0.39, 0.29) is 0 Å². The first kappa shape index (κ1) is 13.5. The minimum Gasteiger partial charge on any atom is -0.318 e. The molecule has 7 heteroatoms. The average Bonchev–Trinajstić information content (AvgIpc) is 2.77. The van der Waals surface area contributed by atoms with E-state index in [9.17, 15) is 9.59 Å². The molecule has 0 radical (unpaired) electrons. The second kappa shape index (κ2) is 5.81. The maximum atomic E-state index is 11.6. The van der Waals surface area contributed by atoms with E-state index >= 15 is 0 Å². The van der Waals surface area contributed by atoms with E-state index in [0.29, 0.717) is 15.8 Å². The van der Waals surface area contributed by atoms with Crippen molar-refractivity contribution in [3.63, 3.8) is 0 Å². The number of aryl methyl sites for hydroxylation is 1. The summed E-state index contributed by atoms with van der Waals surface area (Å²) in [5.74, 6) is -1.51. The Labute approximate surface area is 118 Å². The molecule has 98 valence electrons. The van der Waals surface area contributed by atoms with Crippen molar-refractivity contribution in [2.75, 3.05) is 10.6 Å². The molecule has 0 saturated heterocycles. The van der Waals surface area contributed by atoms with Gasteiger partial charge in [-0.15, -0.1) is 11.3 Å². The number of carbonyl (C=O) groups is 2. The summed E-state index contributed by atoms with van der Waals surface area (Å²) >= 11 is 6.98. The van der Waals surface area contributed by atoms with E-state index in [0.717, 1.165) is 5.69 Å². The molecular weight excluding hydrogens is 286 g/mol. The number of nitrogens with zero attached hydrogens (tertiary/aromatic N) is 1. The van der Waals surface area contributed by atoms with Crippen LogP contribution >= 0.6 is 22.9 Å². The Bertz CT molecular complexity index is 610. The number of rotatable bonds is 2. The SMILES string of the molecule is Cc1csc(NC(=O)C(=O)Nc2ccc(Cl)cc2)n1. The molecule has 0 aliphatic rings. The van der Waals surface area contributed by atoms with Gasteiger partial charge in [0.2, 0.25) is 0 Å². The van der Waals surface area contributed by atoms with Gasteiger partial charge in [0.1, 0.15) is 0 Å². The van der Waals surface area contributed by atoms with Crippen LogP contribution < -0.4 is 10.6 Å². The molecule has 0 atom stereocenters. The summed E-state index contributed by atoms with van der Waals surface area (Å²) in [6.45, 7) is 1.81. The highest BCUT2D eigenvalue weighted by Gasteiger charge is 2.15. The fourth-order valence-electron chi connectivity index (χ4n) is 1.29. The fourth-order valence-corrected chi connectivity index (χ4v) is 2.10. The third-order valence-electron chi connectivity index (χ3n) is 2.15. The van der Waals surface area contributed by atoms with Crippen molar-refractivity contribution in [3.8, 4) is 0 Å². The molecule has 0 aliphatic carbocycles. The summed E-state index contributed by atoms with van der Waals surface area (Å²) in [6.07, 6.45) is 0. The lowest BCUT2D eigenvalue weighted by Crippen LogP contribution is -2.29. The number of aromatic nitrogens is 1. The standard InChI is InChI=1S/C12H10ClN3O2S/c1-7-6-19-12(14-7)16-11(18)10(17)15-9-4-2-8(13)3-5-9/h2-6H,1H3,(H,15,17)(H,14,16,18). The van der Waals surface area contributed by atoms with Crippen LogP contribution in [0.2, 0.25) is 5.02 Å². The number of amides is 2. The fraction of sp³-hybridized carbons (Fsp3) is 0.0833. The van der Waals surface area contributed by atoms with Crippen LogP contribution in [-0.2, 0) is 9.59 Å². The predicted molar refractivity (Wildman–Crippen MR) is 75.6 cm³/mol. The first-order valence-electron chi connectivity index (χ1n) is 5.34. The molecule has 5 nitrogen and oxygen atoms in total. The van der Waals surface area contributed by atoms with Crippen molar-refractivity contribution in [1.29, 1.82) is 0 Å². The number of benzene rings is 1. The zero-order valence-corrected chi connectivity index (χ0v) is 11.5. The minimum absolute atomic E-state index is 0.397. The second-order valence-electron chi connectivity index (χ2n) is 3.71. The summed E-state index contributed by atoms with van der Waals surface area (Å²) in [5.41, 5.74) is 1.29. The van der Waals surface area contributed by atoms with Gasteiger partial charge in [0.05, 0.1) is 5.69 Å². The van der Waals surface area contributed by atoms with Gasteiger partial charge in [-0.05, 0) is 31.2 Å². The van der Waals surface area contributed by atoms with Crippen LogP contribution in [-0.4, -0.2) is 16.8 Å². The van der Waals surface area contributed by atoms with E-state index < -0.39 is 11.8 Å². The molecule has 0 spiro atoms. The summed E-state index contributed by atoms with van der Waals surface area (Å²) in [5, 5.41) is 7.63. The highest BCUT2D eigenvalue weighted by Crippen LogP contribution is 2.15. The van der Waals surface area contributed by atoms with Crippen LogP contribution in [0.4, 0.5) is 10.8 Å². The van der Waals surface area contributed by atoms with Crippen LogP contribution in [0.3, 0.4) is 0 Å². The number of carbonyl (C=O) groups excluding carboxylic acids is 2. The van der Waals surface area contributed by atoms with Gasteiger partial charge in [-0.25, -0.2) is 4.98 Å². The zero-order valence-electron chi connectivity index (χ0n) is 9.94. The van der Waals surface area contributed by atoms with E-state index in [4.69, 9.17) is 11.6 Å². The lowest BCUT2D eigenvalue weighted by atomic mass is 10.3. The average molecular weight is 296 g/mol. The van der Waals surface area contributed by atoms with Gasteiger partial charge in [-0.1, -0.05) is 11.6 Å². The Balaban J connectivity index is 1.96. The Hall–Kier alpha value is -1.92. The number of thiazole rings is 1. The van der Waals surface area contributed by atoms with E-state index in [1.807, 2.05) is 0 Å². The zero-order chi connectivity index (χ0) is 13.8. The van der Waals surface area contributed by atoms with Crippen molar-refractivity contribution >= 4 is 45.6 Å². The maximum absolute atomic E-state index is 11.6. The molecule has 2 N–H and O–H groups in total. The van der Waals surface area contributed by atoms with Crippen molar-refractivity contribution in [1.82, 2.24) is 4.98 Å². The highest BCUT2D eigenvalue weighted by atomic mass is 35.5. The second-order valence-corrected chi connectivity index (χ2v) is 5.00. The molecule has 1 aromatic heterocycles. The number of nitrogens with one attached hydrogen (secondary N) is 2. The number of halogens is 1. The highest BCUT2D eigenvalue weighted by molar-refractivity contribution is 7.14. The molecule has 1 aromatic carbocycles. The Kier molecular flexibility index (Phi) is 4.13. The van der Waals surface area contributed by atoms with Gasteiger partial charge in [0, 0.05) is 16.1 Å². The van der Waals surface area contributed by atoms with E-state index in [1.54, 1.807) is 36.6 Å². The Morgan fingerprint density at radius 1 is 1.16 bits per heavy atom. The Morgan fingerprint density at radius 3 is 2.37 bits per heavy atom. The first-order valence-corrected chi connectivity index (χ1v) is 6.60. The van der Waals surface area contributed by atoms with Gasteiger partial charge in [0.15, 0.2) is 5.13 Å². The molecular formula is C12H10ClN3O2S. The van der Waals surface area contributed by atoms with Crippen LogP contribution in [0.25, 0.3) is 0 Å². The molecule has 2 aromatic rings. The molecule has 0 fully saturated rings. The molecule has 19 heavy (non-hydrogen) atoms. The smallest absolute Gasteiger partial charge is 0.315 e. The minimum atomic E-state index is -0.760. The molecule has 0 unspecified atom stereocenters. The van der Waals surface area contributed by atoms with Gasteiger partial charge in [-0.3, -0.25) is 14.9 Å². The predicted octanol–water partition coefficient (Wildman–Crippen LogP) is 2.68. The van der Waals surface area contributed by atoms with Crippen LogP contribution in [0.1, 0.15) is 5.69 Å². The number of hydrogen-bond acceptors (Lipinski definition) is 4. The van der Waals surface area contributed by atoms with E-state index in [2.05, 4.69) is 15.6 Å². The van der Waals surface area contributed by atoms with Gasteiger partial charge in [-0.2, -0.15) is 0 Å². The van der Waals surface area contributed by atoms with Crippen LogP contribution in [0.5, 0.6) is 0 Å². The van der Waals surface area contributed by atoms with Gasteiger partial charge < -0.3 is 5.32 Å². The van der Waals surface area contributed by atoms with Crippen LogP contribution in [0, 0.1) is 6.92 Å². The summed E-state index contributed by atoms with van der Waals surface area (Å²) in [7, 11) is 0. The summed E-state index contributed by atoms with van der Waals surface area (Å²) < 4.78 is 0. The lowest BCUT2D eigenvalue weighted by Gasteiger charge is -2.04. The monoisotopic (exact) mass is 295 g/mol. The topological polar surface area (TPSA) is 71.1 Å². The third-order valence-corrected chi connectivity index (χ3v) is 3.28. The maximum Gasteiger partial charge on any atom is 0.315 e. The summed E-state index contributed by atoms with van der Waals surface area (Å²) in [6, 6.07) is 6.47. The molecule has 0 aliphatic heterocycles. The molecule has 2 rings (SSSR count). The van der Waals surface area contributed by atoms with E-state index in [1.165, 1.54) is 11.3 Å². The van der Waals surface area contributed by atoms with Crippen molar-refractivity contribution in [3.05, 3.63) is 40.4 Å². The third kappa shape index (κ3) is 3.77. The van der Waals surface area contributed by atoms with Crippen molar-refractivity contribution < 1.29 is 9.59 Å². The number of hydrogen-bond donors (Lipinski definition) is 2. The quantitative estimate of drug-likeness (QED) is 0.837. The Morgan fingerprint density at radius 2 is 1.79 bits per heavy atom. The molecule has 0 saturated carbocycles. The molecule has 2 amide bonds.